The highest BCUT2D eigenvalue weighted by molar-refractivity contribution is 6.31. The second-order valence-corrected chi connectivity index (χ2v) is 6.36. The molecule has 2 heterocycles. The topological polar surface area (TPSA) is 42.4 Å². The van der Waals surface area contributed by atoms with Gasteiger partial charge in [-0.3, -0.25) is 9.78 Å². The zero-order valence-electron chi connectivity index (χ0n) is 12.1. The van der Waals surface area contributed by atoms with Crippen molar-refractivity contribution in [1.82, 2.24) is 9.88 Å². The summed E-state index contributed by atoms with van der Waals surface area (Å²) in [5, 5.41) is 0.525. The van der Waals surface area contributed by atoms with Gasteiger partial charge in [0.2, 0.25) is 5.91 Å². The SMILES string of the molecule is O=C(C1CCCC1)N1CCCC(Oc2ccncc2Cl)C1. The number of rotatable bonds is 3. The van der Waals surface area contributed by atoms with Gasteiger partial charge in [-0.1, -0.05) is 24.4 Å². The summed E-state index contributed by atoms with van der Waals surface area (Å²) >= 11 is 6.08. The van der Waals surface area contributed by atoms with E-state index in [9.17, 15) is 4.79 Å². The second kappa shape index (κ2) is 6.65. The number of hydrogen-bond acceptors (Lipinski definition) is 3. The van der Waals surface area contributed by atoms with Crippen LogP contribution in [0.5, 0.6) is 5.75 Å². The van der Waals surface area contributed by atoms with E-state index in [1.165, 1.54) is 12.8 Å². The predicted octanol–water partition coefficient (Wildman–Crippen LogP) is 3.30. The van der Waals surface area contributed by atoms with E-state index in [4.69, 9.17) is 16.3 Å². The molecule has 21 heavy (non-hydrogen) atoms. The fourth-order valence-corrected chi connectivity index (χ4v) is 3.47. The molecule has 1 aromatic heterocycles. The van der Waals surface area contributed by atoms with Crippen molar-refractivity contribution in [2.45, 2.75) is 44.6 Å². The molecule has 0 aromatic carbocycles. The minimum atomic E-state index is 0.0315. The van der Waals surface area contributed by atoms with Crippen LogP contribution in [0.15, 0.2) is 18.5 Å². The van der Waals surface area contributed by atoms with Crippen molar-refractivity contribution in [2.24, 2.45) is 5.92 Å². The van der Waals surface area contributed by atoms with E-state index in [1.807, 2.05) is 4.90 Å². The van der Waals surface area contributed by atoms with Crippen molar-refractivity contribution in [3.05, 3.63) is 23.5 Å². The molecule has 1 aliphatic carbocycles. The number of aromatic nitrogens is 1. The molecule has 5 heteroatoms. The summed E-state index contributed by atoms with van der Waals surface area (Å²) in [6, 6.07) is 1.78. The third-order valence-corrected chi connectivity index (χ3v) is 4.71. The Hall–Kier alpha value is -1.29. The van der Waals surface area contributed by atoms with Gasteiger partial charge in [0.25, 0.3) is 0 Å². The summed E-state index contributed by atoms with van der Waals surface area (Å²) in [7, 11) is 0. The Balaban J connectivity index is 1.60. The van der Waals surface area contributed by atoms with Gasteiger partial charge < -0.3 is 9.64 Å². The Morgan fingerprint density at radius 1 is 1.29 bits per heavy atom. The Morgan fingerprint density at radius 3 is 2.86 bits per heavy atom. The van der Waals surface area contributed by atoms with Gasteiger partial charge in [-0.05, 0) is 25.7 Å². The number of hydrogen-bond donors (Lipinski definition) is 0. The molecular formula is C16H21ClN2O2. The maximum atomic E-state index is 12.5. The van der Waals surface area contributed by atoms with Crippen LogP contribution in [0.3, 0.4) is 0 Å². The maximum absolute atomic E-state index is 12.5. The van der Waals surface area contributed by atoms with E-state index in [2.05, 4.69) is 4.98 Å². The van der Waals surface area contributed by atoms with E-state index in [1.54, 1.807) is 18.5 Å². The zero-order valence-corrected chi connectivity index (χ0v) is 12.9. The summed E-state index contributed by atoms with van der Waals surface area (Å²) in [6.45, 7) is 1.53. The first-order valence-corrected chi connectivity index (χ1v) is 8.17. The van der Waals surface area contributed by atoms with Crippen molar-refractivity contribution < 1.29 is 9.53 Å². The molecule has 2 aliphatic rings. The largest absolute Gasteiger partial charge is 0.487 e. The molecule has 0 N–H and O–H groups in total. The number of nitrogens with zero attached hydrogens (tertiary/aromatic N) is 2. The van der Waals surface area contributed by atoms with Gasteiger partial charge in [-0.2, -0.15) is 0 Å². The molecule has 1 unspecified atom stereocenters. The molecule has 1 atom stereocenters. The molecule has 0 bridgehead atoms. The Bertz CT molecular complexity index is 503. The van der Waals surface area contributed by atoms with Gasteiger partial charge in [0, 0.05) is 30.9 Å². The van der Waals surface area contributed by atoms with Crippen LogP contribution in [0.4, 0.5) is 0 Å². The normalized spacial score (nSPS) is 23.3. The first-order chi connectivity index (χ1) is 10.2. The summed E-state index contributed by atoms with van der Waals surface area (Å²) in [6.07, 6.45) is 9.73. The molecule has 3 rings (SSSR count). The zero-order chi connectivity index (χ0) is 14.7. The lowest BCUT2D eigenvalue weighted by atomic mass is 10.0. The fourth-order valence-electron chi connectivity index (χ4n) is 3.30. The van der Waals surface area contributed by atoms with Crippen LogP contribution in [-0.4, -0.2) is 35.0 Å². The van der Waals surface area contributed by atoms with Crippen LogP contribution in [0.25, 0.3) is 0 Å². The van der Waals surface area contributed by atoms with Crippen LogP contribution in [0.2, 0.25) is 5.02 Å². The molecule has 4 nitrogen and oxygen atoms in total. The average Bonchev–Trinajstić information content (AvgIpc) is 3.03. The number of ether oxygens (including phenoxy) is 1. The number of carbonyl (C=O) groups excluding carboxylic acids is 1. The van der Waals surface area contributed by atoms with E-state index < -0.39 is 0 Å². The highest BCUT2D eigenvalue weighted by Crippen LogP contribution is 2.29. The van der Waals surface area contributed by atoms with Gasteiger partial charge in [-0.25, -0.2) is 0 Å². The van der Waals surface area contributed by atoms with Crippen LogP contribution >= 0.6 is 11.6 Å². The van der Waals surface area contributed by atoms with E-state index >= 15 is 0 Å². The van der Waals surface area contributed by atoms with Gasteiger partial charge in [0.1, 0.15) is 16.9 Å². The minimum Gasteiger partial charge on any atom is -0.487 e. The van der Waals surface area contributed by atoms with Gasteiger partial charge in [-0.15, -0.1) is 0 Å². The third kappa shape index (κ3) is 3.49. The number of pyridine rings is 1. The summed E-state index contributed by atoms with van der Waals surface area (Å²) in [4.78, 5) is 18.4. The lowest BCUT2D eigenvalue weighted by Crippen LogP contribution is -2.46. The van der Waals surface area contributed by atoms with Crippen molar-refractivity contribution in [1.29, 1.82) is 0 Å². The monoisotopic (exact) mass is 308 g/mol. The molecule has 1 saturated heterocycles. The number of likely N-dealkylation sites (tertiary alicyclic amines) is 1. The maximum Gasteiger partial charge on any atom is 0.225 e. The lowest BCUT2D eigenvalue weighted by molar-refractivity contribution is -0.138. The number of piperidine rings is 1. The van der Waals surface area contributed by atoms with Gasteiger partial charge in [0.15, 0.2) is 0 Å². The fraction of sp³-hybridized carbons (Fsp3) is 0.625. The van der Waals surface area contributed by atoms with Gasteiger partial charge in [0.05, 0.1) is 6.54 Å². The smallest absolute Gasteiger partial charge is 0.225 e. The third-order valence-electron chi connectivity index (χ3n) is 4.42. The van der Waals surface area contributed by atoms with Gasteiger partial charge >= 0.3 is 0 Å². The first kappa shape index (κ1) is 14.6. The first-order valence-electron chi connectivity index (χ1n) is 7.79. The Morgan fingerprint density at radius 2 is 2.10 bits per heavy atom. The number of halogens is 1. The molecule has 1 aliphatic heterocycles. The van der Waals surface area contributed by atoms with Crippen LogP contribution < -0.4 is 4.74 Å². The van der Waals surface area contributed by atoms with Crippen molar-refractivity contribution in [3.63, 3.8) is 0 Å². The number of amides is 1. The summed E-state index contributed by atoms with van der Waals surface area (Å²) in [5.74, 6) is 1.22. The Labute approximate surface area is 130 Å². The molecule has 0 radical (unpaired) electrons. The van der Waals surface area contributed by atoms with Crippen LogP contribution in [-0.2, 0) is 4.79 Å². The molecule has 114 valence electrons. The number of carbonyl (C=O) groups is 1. The van der Waals surface area contributed by atoms with E-state index in [-0.39, 0.29) is 12.0 Å². The molecule has 1 amide bonds. The highest BCUT2D eigenvalue weighted by Gasteiger charge is 2.31. The van der Waals surface area contributed by atoms with Crippen molar-refractivity contribution in [2.75, 3.05) is 13.1 Å². The second-order valence-electron chi connectivity index (χ2n) is 5.95. The molecule has 1 aromatic rings. The highest BCUT2D eigenvalue weighted by atomic mass is 35.5. The quantitative estimate of drug-likeness (QED) is 0.860. The minimum absolute atomic E-state index is 0.0315. The van der Waals surface area contributed by atoms with Crippen molar-refractivity contribution >= 4 is 17.5 Å². The van der Waals surface area contributed by atoms with Crippen LogP contribution in [0, 0.1) is 5.92 Å². The van der Waals surface area contributed by atoms with Crippen LogP contribution in [0.1, 0.15) is 38.5 Å². The molecule has 1 saturated carbocycles. The predicted molar refractivity (Wildman–Crippen MR) is 81.4 cm³/mol. The molecule has 0 spiro atoms. The summed E-state index contributed by atoms with van der Waals surface area (Å²) in [5.41, 5.74) is 0. The Kier molecular flexibility index (Phi) is 4.63. The van der Waals surface area contributed by atoms with Crippen molar-refractivity contribution in [3.8, 4) is 5.75 Å². The van der Waals surface area contributed by atoms with E-state index in [0.717, 1.165) is 32.2 Å². The lowest BCUT2D eigenvalue weighted by Gasteiger charge is -2.34. The molecular weight excluding hydrogens is 288 g/mol. The standard InChI is InChI=1S/C16H21ClN2O2/c17-14-10-18-8-7-15(14)21-13-6-3-9-19(11-13)16(20)12-4-1-2-5-12/h7-8,10,12-13H,1-6,9,11H2. The molecule has 2 fully saturated rings. The van der Waals surface area contributed by atoms with E-state index in [0.29, 0.717) is 23.2 Å². The average molecular weight is 309 g/mol. The summed E-state index contributed by atoms with van der Waals surface area (Å²) < 4.78 is 5.96.